The third-order valence-corrected chi connectivity index (χ3v) is 8.36. The molecule has 2 aromatic rings. The van der Waals surface area contributed by atoms with Crippen LogP contribution in [0.15, 0.2) is 57.8 Å². The topological polar surface area (TPSA) is 55.4 Å². The second-order valence-corrected chi connectivity index (χ2v) is 10.8. The highest BCUT2D eigenvalue weighted by atomic mass is 35.5. The molecule has 1 atom stereocenters. The molecule has 2 aliphatic rings. The predicted molar refractivity (Wildman–Crippen MR) is 143 cm³/mol. The molecule has 184 valence electrons. The number of thioether (sulfide) groups is 1. The fourth-order valence-corrected chi connectivity index (χ4v) is 6.46. The van der Waals surface area contributed by atoms with Gasteiger partial charge >= 0.3 is 5.97 Å². The number of hydrogen-bond acceptors (Lipinski definition) is 5. The molecule has 1 unspecified atom stereocenters. The number of carbonyl (C=O) groups excluding carboxylic acids is 2. The largest absolute Gasteiger partial charge is 0.463 e. The summed E-state index contributed by atoms with van der Waals surface area (Å²) < 4.78 is 5.44. The minimum Gasteiger partial charge on any atom is -0.463 e. The Labute approximate surface area is 221 Å². The molecule has 1 aliphatic heterocycles. The first-order valence-electron chi connectivity index (χ1n) is 11.8. The van der Waals surface area contributed by atoms with Crippen LogP contribution < -0.4 is 5.32 Å². The maximum Gasteiger partial charge on any atom is 0.336 e. The maximum absolute atomic E-state index is 13.2. The van der Waals surface area contributed by atoms with E-state index < -0.39 is 5.92 Å². The number of dihydropyridines is 1. The van der Waals surface area contributed by atoms with Crippen molar-refractivity contribution >= 4 is 46.7 Å². The second-order valence-electron chi connectivity index (χ2n) is 8.98. The molecule has 0 fully saturated rings. The highest BCUT2D eigenvalue weighted by molar-refractivity contribution is 7.98. The van der Waals surface area contributed by atoms with Gasteiger partial charge < -0.3 is 10.1 Å². The summed E-state index contributed by atoms with van der Waals surface area (Å²) in [6.07, 6.45) is 2.10. The lowest BCUT2D eigenvalue weighted by molar-refractivity contribution is -0.138. The quantitative estimate of drug-likeness (QED) is 0.311. The van der Waals surface area contributed by atoms with Crippen molar-refractivity contribution < 1.29 is 14.3 Å². The lowest BCUT2D eigenvalue weighted by Gasteiger charge is -2.35. The van der Waals surface area contributed by atoms with Crippen molar-refractivity contribution in [1.29, 1.82) is 0 Å². The van der Waals surface area contributed by atoms with Crippen LogP contribution in [0.3, 0.4) is 0 Å². The van der Waals surface area contributed by atoms with Crippen LogP contribution in [0.2, 0.25) is 10.0 Å². The van der Waals surface area contributed by atoms with Crippen LogP contribution in [0, 0.1) is 13.8 Å². The summed E-state index contributed by atoms with van der Waals surface area (Å²) >= 11 is 14.2. The Morgan fingerprint density at radius 2 is 1.89 bits per heavy atom. The van der Waals surface area contributed by atoms with Crippen molar-refractivity contribution in [2.75, 3.05) is 6.61 Å². The summed E-state index contributed by atoms with van der Waals surface area (Å²) in [5.41, 5.74) is 7.18. The molecule has 0 amide bonds. The Kier molecular flexibility index (Phi) is 7.99. The second kappa shape index (κ2) is 10.8. The van der Waals surface area contributed by atoms with Gasteiger partial charge in [-0.3, -0.25) is 4.79 Å². The summed E-state index contributed by atoms with van der Waals surface area (Å²) in [7, 11) is 0. The first-order chi connectivity index (χ1) is 16.7. The lowest BCUT2D eigenvalue weighted by Crippen LogP contribution is -2.34. The average Bonchev–Trinajstić information content (AvgIpc) is 2.80. The molecule has 0 radical (unpaired) electrons. The number of halogens is 2. The fraction of sp³-hybridized carbons (Fsp3) is 0.357. The third kappa shape index (κ3) is 5.32. The van der Waals surface area contributed by atoms with Crippen molar-refractivity contribution in [2.24, 2.45) is 0 Å². The molecule has 35 heavy (non-hydrogen) atoms. The van der Waals surface area contributed by atoms with Crippen LogP contribution >= 0.6 is 35.0 Å². The number of hydrogen-bond donors (Lipinski definition) is 1. The zero-order valence-electron chi connectivity index (χ0n) is 20.4. The summed E-state index contributed by atoms with van der Waals surface area (Å²) in [5, 5.41) is 4.65. The van der Waals surface area contributed by atoms with E-state index in [0.29, 0.717) is 33.4 Å². The van der Waals surface area contributed by atoms with Gasteiger partial charge in [0.15, 0.2) is 5.78 Å². The van der Waals surface area contributed by atoms with E-state index in [1.807, 2.05) is 19.9 Å². The SMILES string of the molecule is CCOC(=O)C1=C(C)NC2=C(C(=O)CCC2)C1c1cc(CSc2cc(Cl)ccc2Cl)c(C)cc1C. The number of Topliss-reactive ketones (excluding diaryl/α,β-unsaturated/α-hetero) is 1. The summed E-state index contributed by atoms with van der Waals surface area (Å²) in [6, 6.07) is 9.73. The van der Waals surface area contributed by atoms with E-state index in [4.69, 9.17) is 27.9 Å². The number of ether oxygens (including phenoxy) is 1. The van der Waals surface area contributed by atoms with Crippen LogP contribution in [0.4, 0.5) is 0 Å². The number of nitrogens with one attached hydrogen (secondary N) is 1. The van der Waals surface area contributed by atoms with E-state index in [9.17, 15) is 9.59 Å². The van der Waals surface area contributed by atoms with Gasteiger partial charge in [-0.05, 0) is 81.0 Å². The van der Waals surface area contributed by atoms with Crippen LogP contribution in [-0.2, 0) is 20.1 Å². The summed E-state index contributed by atoms with van der Waals surface area (Å²) in [5.74, 6) is -0.0487. The van der Waals surface area contributed by atoms with Crippen LogP contribution in [0.1, 0.15) is 61.3 Å². The molecule has 1 N–H and O–H groups in total. The van der Waals surface area contributed by atoms with Gasteiger partial charge in [-0.15, -0.1) is 11.8 Å². The minimum absolute atomic E-state index is 0.0969. The van der Waals surface area contributed by atoms with E-state index in [2.05, 4.69) is 24.4 Å². The van der Waals surface area contributed by atoms with E-state index >= 15 is 0 Å². The molecule has 0 saturated carbocycles. The highest BCUT2D eigenvalue weighted by Crippen LogP contribution is 2.44. The Bertz CT molecular complexity index is 1270. The van der Waals surface area contributed by atoms with Gasteiger partial charge in [-0.2, -0.15) is 0 Å². The number of carbonyl (C=O) groups is 2. The third-order valence-electron chi connectivity index (χ3n) is 6.58. The first kappa shape index (κ1) is 25.9. The Balaban J connectivity index is 1.79. The Hall–Kier alpha value is -2.21. The van der Waals surface area contributed by atoms with Crippen molar-refractivity contribution in [2.45, 2.75) is 63.5 Å². The summed E-state index contributed by atoms with van der Waals surface area (Å²) in [6.45, 7) is 8.09. The molecule has 1 heterocycles. The molecule has 4 rings (SSSR count). The number of aryl methyl sites for hydroxylation is 2. The van der Waals surface area contributed by atoms with Gasteiger partial charge in [0.25, 0.3) is 0 Å². The fourth-order valence-electron chi connectivity index (χ4n) is 4.90. The van der Waals surface area contributed by atoms with Crippen molar-refractivity contribution in [3.63, 3.8) is 0 Å². The van der Waals surface area contributed by atoms with Gasteiger partial charge in [-0.1, -0.05) is 35.3 Å². The average molecular weight is 531 g/mol. The van der Waals surface area contributed by atoms with Gasteiger partial charge in [0.1, 0.15) is 0 Å². The van der Waals surface area contributed by atoms with E-state index in [0.717, 1.165) is 51.4 Å². The van der Waals surface area contributed by atoms with E-state index in [1.54, 1.807) is 30.8 Å². The minimum atomic E-state index is -0.447. The molecule has 2 aromatic carbocycles. The van der Waals surface area contributed by atoms with Crippen LogP contribution in [0.5, 0.6) is 0 Å². The molecule has 1 aliphatic carbocycles. The van der Waals surface area contributed by atoms with Crippen LogP contribution in [-0.4, -0.2) is 18.4 Å². The zero-order chi connectivity index (χ0) is 25.3. The number of esters is 1. The van der Waals surface area contributed by atoms with Gasteiger partial charge in [0.2, 0.25) is 0 Å². The number of rotatable bonds is 6. The van der Waals surface area contributed by atoms with Crippen molar-refractivity contribution in [3.05, 3.63) is 85.2 Å². The lowest BCUT2D eigenvalue weighted by atomic mass is 9.73. The monoisotopic (exact) mass is 529 g/mol. The summed E-state index contributed by atoms with van der Waals surface area (Å²) in [4.78, 5) is 27.2. The normalized spacial score (nSPS) is 17.9. The number of allylic oxidation sites excluding steroid dienone is 3. The molecule has 0 saturated heterocycles. The standard InChI is InChI=1S/C28H29Cl2NO3S/c1-5-34-28(33)25-17(4)31-22-7-6-8-23(32)27(22)26(25)20-12-18(15(2)11-16(20)3)14-35-24-13-19(29)9-10-21(24)30/h9-13,26,31H,5-8,14H2,1-4H3. The Morgan fingerprint density at radius 3 is 2.63 bits per heavy atom. The zero-order valence-corrected chi connectivity index (χ0v) is 22.7. The highest BCUT2D eigenvalue weighted by Gasteiger charge is 2.39. The molecule has 0 spiro atoms. The smallest absolute Gasteiger partial charge is 0.336 e. The first-order valence-corrected chi connectivity index (χ1v) is 13.5. The van der Waals surface area contributed by atoms with Crippen LogP contribution in [0.25, 0.3) is 0 Å². The molecule has 7 heteroatoms. The van der Waals surface area contributed by atoms with Crippen molar-refractivity contribution in [3.8, 4) is 0 Å². The molecular weight excluding hydrogens is 501 g/mol. The predicted octanol–water partition coefficient (Wildman–Crippen LogP) is 7.43. The van der Waals surface area contributed by atoms with Gasteiger partial charge in [-0.25, -0.2) is 4.79 Å². The molecule has 4 nitrogen and oxygen atoms in total. The molecule has 0 bridgehead atoms. The van der Waals surface area contributed by atoms with E-state index in [1.165, 1.54) is 0 Å². The van der Waals surface area contributed by atoms with Crippen molar-refractivity contribution in [1.82, 2.24) is 5.32 Å². The Morgan fingerprint density at radius 1 is 1.11 bits per heavy atom. The number of ketones is 1. The number of benzene rings is 2. The molecule has 0 aromatic heterocycles. The molecular formula is C28H29Cl2NO3S. The van der Waals surface area contributed by atoms with Gasteiger partial charge in [0.05, 0.1) is 17.2 Å². The van der Waals surface area contributed by atoms with E-state index in [-0.39, 0.29) is 18.4 Å². The van der Waals surface area contributed by atoms with Gasteiger partial charge in [0, 0.05) is 45.0 Å². The maximum atomic E-state index is 13.2.